The molecule has 4 aromatic rings. The highest BCUT2D eigenvalue weighted by molar-refractivity contribution is 7.90. The summed E-state index contributed by atoms with van der Waals surface area (Å²) < 4.78 is 39.9. The van der Waals surface area contributed by atoms with Crippen LogP contribution in [0.3, 0.4) is 0 Å². The molecule has 0 amide bonds. The third kappa shape index (κ3) is 4.02. The van der Waals surface area contributed by atoms with E-state index in [2.05, 4.69) is 17.0 Å². The summed E-state index contributed by atoms with van der Waals surface area (Å²) in [6, 6.07) is 22.9. The fourth-order valence-corrected chi connectivity index (χ4v) is 6.41. The van der Waals surface area contributed by atoms with Gasteiger partial charge in [0.15, 0.2) is 5.75 Å². The number of carbonyl (C=O) groups excluding carboxylic acids is 2. The second kappa shape index (κ2) is 9.02. The number of ether oxygens (including phenoxy) is 2. The number of carbonyl (C=O) groups is 2. The third-order valence-corrected chi connectivity index (χ3v) is 8.29. The molecule has 3 aromatic carbocycles. The number of aromatic nitrogens is 1. The molecule has 2 aliphatic heterocycles. The zero-order valence-corrected chi connectivity index (χ0v) is 20.5. The minimum absolute atomic E-state index is 0.0173. The normalized spacial score (nSPS) is 16.2. The predicted octanol–water partition coefficient (Wildman–Crippen LogP) is 3.99. The largest absolute Gasteiger partial charge is 0.423 e. The van der Waals surface area contributed by atoms with Crippen molar-refractivity contribution in [3.05, 3.63) is 96.2 Å². The fourth-order valence-electron chi connectivity index (χ4n) is 4.84. The first-order chi connectivity index (χ1) is 17.9. The highest BCUT2D eigenvalue weighted by Crippen LogP contribution is 2.46. The topological polar surface area (TPSA) is 94.9 Å². The Morgan fingerprint density at radius 3 is 2.22 bits per heavy atom. The van der Waals surface area contributed by atoms with E-state index in [0.29, 0.717) is 25.1 Å². The smallest absolute Gasteiger partial charge is 0.417 e. The van der Waals surface area contributed by atoms with Crippen LogP contribution in [-0.2, 0) is 26.2 Å². The highest BCUT2D eigenvalue weighted by atomic mass is 32.2. The maximum atomic E-state index is 14.0. The molecule has 1 aromatic heterocycles. The van der Waals surface area contributed by atoms with Crippen molar-refractivity contribution in [1.29, 1.82) is 0 Å². The Morgan fingerprint density at radius 2 is 1.51 bits per heavy atom. The van der Waals surface area contributed by atoms with Crippen LogP contribution in [0.5, 0.6) is 11.5 Å². The maximum Gasteiger partial charge on any atom is 0.423 e. The molecule has 2 aliphatic rings. The Kier molecular flexibility index (Phi) is 5.66. The molecule has 9 heteroatoms. The standard InChI is InChI=1S/C28H22N2O6S/c31-27-28(32)36-26-24-22(12-7-13-23(24)35-27)30(37(33,34)21-10-5-2-6-11-21)25(26)20-14-16-29(17-15-20)18-19-8-3-1-4-9-19/h1-14H,15-18H2. The van der Waals surface area contributed by atoms with Crippen molar-refractivity contribution in [3.63, 3.8) is 0 Å². The van der Waals surface area contributed by atoms with Gasteiger partial charge in [0, 0.05) is 19.6 Å². The van der Waals surface area contributed by atoms with Gasteiger partial charge in [0.2, 0.25) is 0 Å². The summed E-state index contributed by atoms with van der Waals surface area (Å²) in [6.07, 6.45) is 2.47. The first kappa shape index (κ1) is 23.2. The number of rotatable bonds is 5. The molecule has 0 atom stereocenters. The van der Waals surface area contributed by atoms with Gasteiger partial charge in [-0.15, -0.1) is 0 Å². The summed E-state index contributed by atoms with van der Waals surface area (Å²) in [7, 11) is -4.10. The fraction of sp³-hybridized carbons (Fsp3) is 0.143. The van der Waals surface area contributed by atoms with Gasteiger partial charge < -0.3 is 9.47 Å². The average molecular weight is 515 g/mol. The van der Waals surface area contributed by atoms with Crippen LogP contribution in [0.25, 0.3) is 16.5 Å². The second-order valence-corrected chi connectivity index (χ2v) is 10.7. The van der Waals surface area contributed by atoms with E-state index in [9.17, 15) is 18.0 Å². The first-order valence-electron chi connectivity index (χ1n) is 11.8. The number of esters is 2. The Balaban J connectivity index is 1.53. The lowest BCUT2D eigenvalue weighted by Gasteiger charge is -2.27. The molecule has 3 heterocycles. The lowest BCUT2D eigenvalue weighted by molar-refractivity contribution is -0.155. The molecule has 8 nitrogen and oxygen atoms in total. The molecule has 0 bridgehead atoms. The maximum absolute atomic E-state index is 14.0. The van der Waals surface area contributed by atoms with Crippen LogP contribution in [0.15, 0.2) is 89.8 Å². The summed E-state index contributed by atoms with van der Waals surface area (Å²) in [6.45, 7) is 2.00. The molecular weight excluding hydrogens is 492 g/mol. The SMILES string of the molecule is O=C1Oc2cccc3c2c(c(C2=CCN(Cc4ccccc4)CC2)n3S(=O)(=O)c2ccccc2)OC1=O. The van der Waals surface area contributed by atoms with E-state index in [-0.39, 0.29) is 33.0 Å². The number of nitrogens with zero attached hydrogens (tertiary/aromatic N) is 2. The lowest BCUT2D eigenvalue weighted by atomic mass is 10.0. The molecule has 0 spiro atoms. The molecule has 0 saturated carbocycles. The van der Waals surface area contributed by atoms with Crippen LogP contribution in [0, 0.1) is 0 Å². The van der Waals surface area contributed by atoms with Crippen LogP contribution in [0.4, 0.5) is 0 Å². The van der Waals surface area contributed by atoms with Gasteiger partial charge in [-0.25, -0.2) is 22.0 Å². The lowest BCUT2D eigenvalue weighted by Crippen LogP contribution is -2.29. The van der Waals surface area contributed by atoms with Gasteiger partial charge in [-0.3, -0.25) is 4.90 Å². The third-order valence-electron chi connectivity index (χ3n) is 6.56. The monoisotopic (exact) mass is 514 g/mol. The van der Waals surface area contributed by atoms with Crippen molar-refractivity contribution >= 4 is 38.4 Å². The van der Waals surface area contributed by atoms with E-state index < -0.39 is 22.0 Å². The van der Waals surface area contributed by atoms with E-state index in [1.165, 1.54) is 27.7 Å². The summed E-state index contributed by atoms with van der Waals surface area (Å²) in [4.78, 5) is 27.0. The molecule has 0 unspecified atom stereocenters. The zero-order chi connectivity index (χ0) is 25.6. The molecule has 0 saturated heterocycles. The van der Waals surface area contributed by atoms with Crippen molar-refractivity contribution in [3.8, 4) is 11.5 Å². The number of hydrogen-bond donors (Lipinski definition) is 0. The van der Waals surface area contributed by atoms with Gasteiger partial charge in [0.1, 0.15) is 11.4 Å². The second-order valence-electron chi connectivity index (χ2n) is 8.89. The average Bonchev–Trinajstić information content (AvgIpc) is 3.19. The summed E-state index contributed by atoms with van der Waals surface area (Å²) in [5.41, 5.74) is 2.39. The van der Waals surface area contributed by atoms with Crippen LogP contribution in [-0.4, -0.2) is 42.3 Å². The molecule has 0 aliphatic carbocycles. The predicted molar refractivity (Wildman–Crippen MR) is 137 cm³/mol. The number of benzene rings is 3. The van der Waals surface area contributed by atoms with E-state index in [1.54, 1.807) is 30.3 Å². The van der Waals surface area contributed by atoms with Gasteiger partial charge in [-0.2, -0.15) is 0 Å². The van der Waals surface area contributed by atoms with Crippen molar-refractivity contribution in [2.24, 2.45) is 0 Å². The Hall–Kier alpha value is -4.21. The van der Waals surface area contributed by atoms with E-state index in [4.69, 9.17) is 9.47 Å². The minimum atomic E-state index is -4.10. The van der Waals surface area contributed by atoms with Crippen molar-refractivity contribution in [2.75, 3.05) is 13.1 Å². The van der Waals surface area contributed by atoms with Gasteiger partial charge in [-0.05, 0) is 41.8 Å². The molecule has 0 radical (unpaired) electrons. The highest BCUT2D eigenvalue weighted by Gasteiger charge is 2.37. The van der Waals surface area contributed by atoms with Crippen LogP contribution in [0.1, 0.15) is 17.7 Å². The van der Waals surface area contributed by atoms with Crippen LogP contribution < -0.4 is 9.47 Å². The minimum Gasteiger partial charge on any atom is -0.417 e. The van der Waals surface area contributed by atoms with Crippen molar-refractivity contribution in [1.82, 2.24) is 8.87 Å². The van der Waals surface area contributed by atoms with Crippen LogP contribution >= 0.6 is 0 Å². The van der Waals surface area contributed by atoms with Gasteiger partial charge in [0.25, 0.3) is 10.0 Å². The van der Waals surface area contributed by atoms with Crippen molar-refractivity contribution < 1.29 is 27.5 Å². The number of hydrogen-bond acceptors (Lipinski definition) is 7. The van der Waals surface area contributed by atoms with E-state index >= 15 is 0 Å². The molecule has 6 rings (SSSR count). The summed E-state index contributed by atoms with van der Waals surface area (Å²) in [5, 5.41) is 0.267. The van der Waals surface area contributed by atoms with Crippen LogP contribution in [0.2, 0.25) is 0 Å². The molecular formula is C28H22N2O6S. The molecule has 37 heavy (non-hydrogen) atoms. The van der Waals surface area contributed by atoms with E-state index in [0.717, 1.165) is 6.54 Å². The Morgan fingerprint density at radius 1 is 0.811 bits per heavy atom. The zero-order valence-electron chi connectivity index (χ0n) is 19.7. The van der Waals surface area contributed by atoms with E-state index in [1.807, 2.05) is 24.3 Å². The van der Waals surface area contributed by atoms with Gasteiger partial charge in [-0.1, -0.05) is 60.7 Å². The van der Waals surface area contributed by atoms with Gasteiger partial charge >= 0.3 is 11.9 Å². The molecule has 0 N–H and O–H groups in total. The summed E-state index contributed by atoms with van der Waals surface area (Å²) >= 11 is 0. The quantitative estimate of drug-likeness (QED) is 0.226. The molecule has 186 valence electrons. The first-order valence-corrected chi connectivity index (χ1v) is 13.3. The summed E-state index contributed by atoms with van der Waals surface area (Å²) in [5.74, 6) is -2.26. The van der Waals surface area contributed by atoms with Gasteiger partial charge in [0.05, 0.1) is 15.8 Å². The molecule has 0 fully saturated rings. The Labute approximate surface area is 213 Å². The Bertz CT molecular complexity index is 1670. The van der Waals surface area contributed by atoms with Crippen molar-refractivity contribution in [2.45, 2.75) is 17.9 Å².